The van der Waals surface area contributed by atoms with Gasteiger partial charge in [0.2, 0.25) is 0 Å². The van der Waals surface area contributed by atoms with Crippen molar-refractivity contribution in [1.82, 2.24) is 10.2 Å². The van der Waals surface area contributed by atoms with Gasteiger partial charge in [-0.1, -0.05) is 27.7 Å². The Morgan fingerprint density at radius 2 is 2.06 bits per heavy atom. The maximum absolute atomic E-state index is 5.33. The molecule has 3 unspecified atom stereocenters. The molecule has 108 valence electrons. The van der Waals surface area contributed by atoms with Gasteiger partial charge in [0.25, 0.3) is 0 Å². The van der Waals surface area contributed by atoms with Gasteiger partial charge in [-0.25, -0.2) is 0 Å². The molecule has 0 heterocycles. The SMILES string of the molecule is CCNC1C(N(CC)C(C)COC)CCC1(C)C. The van der Waals surface area contributed by atoms with E-state index in [-0.39, 0.29) is 0 Å². The van der Waals surface area contributed by atoms with E-state index in [1.54, 1.807) is 7.11 Å². The van der Waals surface area contributed by atoms with Gasteiger partial charge < -0.3 is 10.1 Å². The normalized spacial score (nSPS) is 28.8. The number of hydrogen-bond acceptors (Lipinski definition) is 3. The molecule has 3 heteroatoms. The Bertz CT molecular complexity index is 243. The van der Waals surface area contributed by atoms with E-state index in [1.165, 1.54) is 12.8 Å². The summed E-state index contributed by atoms with van der Waals surface area (Å²) in [5.41, 5.74) is 0.404. The number of nitrogens with zero attached hydrogens (tertiary/aromatic N) is 1. The van der Waals surface area contributed by atoms with E-state index in [1.807, 2.05) is 0 Å². The number of likely N-dealkylation sites (N-methyl/N-ethyl adjacent to an activating group) is 2. The second-order valence-electron chi connectivity index (χ2n) is 6.26. The molecule has 0 aromatic heterocycles. The summed E-state index contributed by atoms with van der Waals surface area (Å²) in [5, 5.41) is 3.71. The van der Waals surface area contributed by atoms with Crippen LogP contribution in [0.4, 0.5) is 0 Å². The first-order chi connectivity index (χ1) is 8.47. The summed E-state index contributed by atoms with van der Waals surface area (Å²) < 4.78 is 5.33. The average Bonchev–Trinajstić information content (AvgIpc) is 2.59. The summed E-state index contributed by atoms with van der Waals surface area (Å²) in [5.74, 6) is 0. The highest BCUT2D eigenvalue weighted by atomic mass is 16.5. The molecular formula is C15H32N2O. The Labute approximate surface area is 113 Å². The van der Waals surface area contributed by atoms with Crippen LogP contribution in [0.5, 0.6) is 0 Å². The van der Waals surface area contributed by atoms with Crippen LogP contribution in [0.15, 0.2) is 0 Å². The van der Waals surface area contributed by atoms with Crippen molar-refractivity contribution in [3.63, 3.8) is 0 Å². The fourth-order valence-electron chi connectivity index (χ4n) is 3.56. The molecule has 1 N–H and O–H groups in total. The molecule has 18 heavy (non-hydrogen) atoms. The number of nitrogens with one attached hydrogen (secondary N) is 1. The molecule has 0 aliphatic heterocycles. The summed E-state index contributed by atoms with van der Waals surface area (Å²) in [6, 6.07) is 1.75. The molecular weight excluding hydrogens is 224 g/mol. The van der Waals surface area contributed by atoms with Gasteiger partial charge >= 0.3 is 0 Å². The highest BCUT2D eigenvalue weighted by Gasteiger charge is 2.44. The van der Waals surface area contributed by atoms with Crippen molar-refractivity contribution in [3.8, 4) is 0 Å². The summed E-state index contributed by atoms with van der Waals surface area (Å²) in [7, 11) is 1.80. The molecule has 3 atom stereocenters. The summed E-state index contributed by atoms with van der Waals surface area (Å²) >= 11 is 0. The zero-order valence-electron chi connectivity index (χ0n) is 13.1. The molecule has 1 fully saturated rings. The Hall–Kier alpha value is -0.120. The van der Waals surface area contributed by atoms with Gasteiger partial charge in [0.05, 0.1) is 6.61 Å². The maximum atomic E-state index is 5.33. The molecule has 0 bridgehead atoms. The molecule has 0 spiro atoms. The first kappa shape index (κ1) is 15.9. The monoisotopic (exact) mass is 256 g/mol. The topological polar surface area (TPSA) is 24.5 Å². The van der Waals surface area contributed by atoms with E-state index in [0.29, 0.717) is 23.5 Å². The average molecular weight is 256 g/mol. The molecule has 1 aliphatic carbocycles. The zero-order chi connectivity index (χ0) is 13.8. The summed E-state index contributed by atoms with van der Waals surface area (Å²) in [6.07, 6.45) is 2.61. The van der Waals surface area contributed by atoms with E-state index < -0.39 is 0 Å². The van der Waals surface area contributed by atoms with Crippen LogP contribution in [0.2, 0.25) is 0 Å². The van der Waals surface area contributed by atoms with Crippen LogP contribution in [0.1, 0.15) is 47.5 Å². The number of hydrogen-bond donors (Lipinski definition) is 1. The van der Waals surface area contributed by atoms with Gasteiger partial charge in [-0.2, -0.15) is 0 Å². The summed E-state index contributed by atoms with van der Waals surface area (Å²) in [4.78, 5) is 2.62. The minimum absolute atomic E-state index is 0.404. The van der Waals surface area contributed by atoms with Crippen LogP contribution in [-0.4, -0.2) is 49.8 Å². The van der Waals surface area contributed by atoms with Gasteiger partial charge in [0, 0.05) is 25.2 Å². The Morgan fingerprint density at radius 3 is 2.56 bits per heavy atom. The zero-order valence-corrected chi connectivity index (χ0v) is 13.1. The Kier molecular flexibility index (Phi) is 6.09. The van der Waals surface area contributed by atoms with Crippen molar-refractivity contribution >= 4 is 0 Å². The molecule has 1 saturated carbocycles. The van der Waals surface area contributed by atoms with E-state index >= 15 is 0 Å². The van der Waals surface area contributed by atoms with Gasteiger partial charge in [0.15, 0.2) is 0 Å². The minimum Gasteiger partial charge on any atom is -0.383 e. The number of rotatable bonds is 7. The third-order valence-corrected chi connectivity index (χ3v) is 4.50. The van der Waals surface area contributed by atoms with Gasteiger partial charge in [-0.15, -0.1) is 0 Å². The van der Waals surface area contributed by atoms with Crippen molar-refractivity contribution in [3.05, 3.63) is 0 Å². The predicted molar refractivity (Wildman–Crippen MR) is 78.0 cm³/mol. The van der Waals surface area contributed by atoms with Gasteiger partial charge in [0.1, 0.15) is 0 Å². The van der Waals surface area contributed by atoms with Crippen LogP contribution in [0.25, 0.3) is 0 Å². The van der Waals surface area contributed by atoms with Crippen molar-refractivity contribution < 1.29 is 4.74 Å². The standard InChI is InChI=1S/C15H32N2O/c1-7-16-14-13(9-10-15(14,4)5)17(8-2)12(3)11-18-6/h12-14,16H,7-11H2,1-6H3. The number of methoxy groups -OCH3 is 1. The highest BCUT2D eigenvalue weighted by Crippen LogP contribution is 2.40. The number of ether oxygens (including phenoxy) is 1. The van der Waals surface area contributed by atoms with Crippen LogP contribution < -0.4 is 5.32 Å². The fraction of sp³-hybridized carbons (Fsp3) is 1.00. The third-order valence-electron chi connectivity index (χ3n) is 4.50. The second kappa shape index (κ2) is 6.88. The largest absolute Gasteiger partial charge is 0.383 e. The fourth-order valence-corrected chi connectivity index (χ4v) is 3.56. The molecule has 1 aliphatic rings. The lowest BCUT2D eigenvalue weighted by Gasteiger charge is -2.40. The van der Waals surface area contributed by atoms with Crippen molar-refractivity contribution in [2.75, 3.05) is 26.8 Å². The van der Waals surface area contributed by atoms with E-state index in [2.05, 4.69) is 44.8 Å². The van der Waals surface area contributed by atoms with Crippen LogP contribution >= 0.6 is 0 Å². The molecule has 0 aromatic rings. The maximum Gasteiger partial charge on any atom is 0.0615 e. The van der Waals surface area contributed by atoms with Gasteiger partial charge in [-0.3, -0.25) is 4.90 Å². The quantitative estimate of drug-likeness (QED) is 0.757. The predicted octanol–water partition coefficient (Wildman–Crippen LogP) is 2.51. The van der Waals surface area contributed by atoms with Crippen LogP contribution in [-0.2, 0) is 4.74 Å². The van der Waals surface area contributed by atoms with E-state index in [4.69, 9.17) is 4.74 Å². The smallest absolute Gasteiger partial charge is 0.0615 e. The third kappa shape index (κ3) is 3.46. The van der Waals surface area contributed by atoms with Crippen LogP contribution in [0, 0.1) is 5.41 Å². The molecule has 1 rings (SSSR count). The molecule has 3 nitrogen and oxygen atoms in total. The Morgan fingerprint density at radius 1 is 1.39 bits per heavy atom. The molecule has 0 aromatic carbocycles. The molecule has 0 radical (unpaired) electrons. The molecule has 0 saturated heterocycles. The van der Waals surface area contributed by atoms with Crippen molar-refractivity contribution in [2.45, 2.75) is 65.6 Å². The lowest BCUT2D eigenvalue weighted by Crippen LogP contribution is -2.54. The first-order valence-corrected chi connectivity index (χ1v) is 7.46. The van der Waals surface area contributed by atoms with Crippen LogP contribution in [0.3, 0.4) is 0 Å². The van der Waals surface area contributed by atoms with E-state index in [9.17, 15) is 0 Å². The lowest BCUT2D eigenvalue weighted by molar-refractivity contribution is 0.0580. The molecule has 0 amide bonds. The second-order valence-corrected chi connectivity index (χ2v) is 6.26. The van der Waals surface area contributed by atoms with Gasteiger partial charge in [-0.05, 0) is 38.3 Å². The summed E-state index contributed by atoms with van der Waals surface area (Å²) in [6.45, 7) is 14.5. The first-order valence-electron chi connectivity index (χ1n) is 7.46. The van der Waals surface area contributed by atoms with Crippen molar-refractivity contribution in [2.24, 2.45) is 5.41 Å². The van der Waals surface area contributed by atoms with Crippen molar-refractivity contribution in [1.29, 1.82) is 0 Å². The highest BCUT2D eigenvalue weighted by molar-refractivity contribution is 5.01. The Balaban J connectivity index is 2.78. The minimum atomic E-state index is 0.404. The lowest BCUT2D eigenvalue weighted by atomic mass is 9.86. The van der Waals surface area contributed by atoms with E-state index in [0.717, 1.165) is 19.7 Å².